The van der Waals surface area contributed by atoms with Crippen LogP contribution in [-0.2, 0) is 9.53 Å². The zero-order chi connectivity index (χ0) is 25.8. The Hall–Kier alpha value is -3.78. The molecule has 1 N–H and O–H groups in total. The van der Waals surface area contributed by atoms with Gasteiger partial charge in [-0.1, -0.05) is 32.2 Å². The maximum absolute atomic E-state index is 13.8. The second kappa shape index (κ2) is 13.8. The Labute approximate surface area is 205 Å². The summed E-state index contributed by atoms with van der Waals surface area (Å²) in [7, 11) is 3.06. The minimum atomic E-state index is -1.06. The molecule has 2 rings (SSSR count). The second-order valence-electron chi connectivity index (χ2n) is 7.42. The first-order chi connectivity index (χ1) is 16.9. The highest BCUT2D eigenvalue weighted by Gasteiger charge is 2.29. The molecule has 0 fully saturated rings. The van der Waals surface area contributed by atoms with Gasteiger partial charge in [0.1, 0.15) is 31.3 Å². The molecule has 0 radical (unpaired) electrons. The molecule has 8 nitrogen and oxygen atoms in total. The Morgan fingerprint density at radius 1 is 0.943 bits per heavy atom. The van der Waals surface area contributed by atoms with E-state index in [0.717, 1.165) is 0 Å². The smallest absolute Gasteiger partial charge is 0.310 e. The molecule has 1 atom stereocenters. The number of methoxy groups -OCH3 is 2. The van der Waals surface area contributed by atoms with Gasteiger partial charge in [0.25, 0.3) is 0 Å². The molecule has 1 unspecified atom stereocenters. The molecule has 0 saturated carbocycles. The van der Waals surface area contributed by atoms with Gasteiger partial charge in [0.05, 0.1) is 25.2 Å². The van der Waals surface area contributed by atoms with E-state index in [1.807, 2.05) is 0 Å². The summed E-state index contributed by atoms with van der Waals surface area (Å²) in [5, 5.41) is 9.90. The summed E-state index contributed by atoms with van der Waals surface area (Å²) >= 11 is 0. The van der Waals surface area contributed by atoms with Gasteiger partial charge >= 0.3 is 5.97 Å². The van der Waals surface area contributed by atoms with E-state index < -0.39 is 17.7 Å². The summed E-state index contributed by atoms with van der Waals surface area (Å²) in [6.07, 6.45) is 3.37. The number of rotatable bonds is 16. The number of carboxylic acids is 1. The van der Waals surface area contributed by atoms with Gasteiger partial charge < -0.3 is 28.8 Å². The van der Waals surface area contributed by atoms with Crippen molar-refractivity contribution in [2.45, 2.75) is 19.3 Å². The van der Waals surface area contributed by atoms with Crippen LogP contribution in [0, 0.1) is 0 Å². The summed E-state index contributed by atoms with van der Waals surface area (Å²) < 4.78 is 27.6. The summed E-state index contributed by atoms with van der Waals surface area (Å²) in [4.78, 5) is 25.9. The molecule has 0 heterocycles. The lowest BCUT2D eigenvalue weighted by molar-refractivity contribution is -0.138. The molecular weight excluding hydrogens is 452 g/mol. The molecule has 188 valence electrons. The Bertz CT molecular complexity index is 1040. The van der Waals surface area contributed by atoms with Crippen LogP contribution < -0.4 is 18.9 Å². The molecule has 0 aromatic heterocycles. The minimum Gasteiger partial charge on any atom is -0.493 e. The molecule has 0 amide bonds. The van der Waals surface area contributed by atoms with E-state index in [4.69, 9.17) is 23.7 Å². The van der Waals surface area contributed by atoms with Crippen molar-refractivity contribution in [2.24, 2.45) is 0 Å². The summed E-state index contributed by atoms with van der Waals surface area (Å²) in [5.41, 5.74) is 0.714. The van der Waals surface area contributed by atoms with Gasteiger partial charge in [-0.3, -0.25) is 9.59 Å². The van der Waals surface area contributed by atoms with Crippen LogP contribution in [0.3, 0.4) is 0 Å². The molecule has 0 saturated heterocycles. The van der Waals surface area contributed by atoms with E-state index in [-0.39, 0.29) is 43.1 Å². The number of carboxylic acid groups (broad SMARTS) is 1. The van der Waals surface area contributed by atoms with Crippen LogP contribution in [0.4, 0.5) is 0 Å². The Morgan fingerprint density at radius 3 is 2.26 bits per heavy atom. The van der Waals surface area contributed by atoms with Crippen molar-refractivity contribution in [2.75, 3.05) is 40.6 Å². The normalized spacial score (nSPS) is 11.3. The third-order valence-corrected chi connectivity index (χ3v) is 5.11. The Morgan fingerprint density at radius 2 is 1.66 bits per heavy atom. The van der Waals surface area contributed by atoms with Crippen molar-refractivity contribution >= 4 is 11.8 Å². The van der Waals surface area contributed by atoms with E-state index >= 15 is 0 Å². The van der Waals surface area contributed by atoms with Crippen LogP contribution in [-0.4, -0.2) is 57.5 Å². The minimum absolute atomic E-state index is 0.114. The first kappa shape index (κ1) is 27.5. The molecule has 2 aromatic carbocycles. The van der Waals surface area contributed by atoms with Crippen LogP contribution in [0.15, 0.2) is 55.6 Å². The first-order valence-electron chi connectivity index (χ1n) is 11.1. The van der Waals surface area contributed by atoms with Crippen molar-refractivity contribution in [3.63, 3.8) is 0 Å². The van der Waals surface area contributed by atoms with E-state index in [9.17, 15) is 14.7 Å². The molecule has 0 aliphatic heterocycles. The number of carbonyl (C=O) groups is 2. The number of ether oxygens (including phenoxy) is 5. The van der Waals surface area contributed by atoms with Gasteiger partial charge in [-0.25, -0.2) is 0 Å². The maximum Gasteiger partial charge on any atom is 0.310 e. The van der Waals surface area contributed by atoms with Gasteiger partial charge in [0.2, 0.25) is 0 Å². The lowest BCUT2D eigenvalue weighted by Gasteiger charge is -2.20. The number of benzene rings is 2. The van der Waals surface area contributed by atoms with Crippen LogP contribution >= 0.6 is 0 Å². The van der Waals surface area contributed by atoms with Crippen LogP contribution in [0.2, 0.25) is 0 Å². The van der Waals surface area contributed by atoms with Crippen molar-refractivity contribution in [3.05, 3.63) is 72.3 Å². The van der Waals surface area contributed by atoms with E-state index in [1.165, 1.54) is 13.2 Å². The fraction of sp³-hybridized carbons (Fsp3) is 0.333. The summed E-state index contributed by atoms with van der Waals surface area (Å²) in [6, 6.07) is 7.91. The molecule has 0 aliphatic carbocycles. The Kier molecular flexibility index (Phi) is 10.8. The van der Waals surface area contributed by atoms with Crippen molar-refractivity contribution in [1.82, 2.24) is 0 Å². The average Bonchev–Trinajstić information content (AvgIpc) is 2.86. The molecule has 0 spiro atoms. The highest BCUT2D eigenvalue weighted by atomic mass is 16.5. The SMILES string of the molecule is C=CCOc1cc(OCC=C)c(C(=O)c2ccc(OC)c(OCCOC)c2)c(C(CC)C(=O)O)c1. The van der Waals surface area contributed by atoms with Gasteiger partial charge in [0.15, 0.2) is 17.3 Å². The van der Waals surface area contributed by atoms with E-state index in [0.29, 0.717) is 29.4 Å². The maximum atomic E-state index is 13.8. The quantitative estimate of drug-likeness (QED) is 0.209. The van der Waals surface area contributed by atoms with E-state index in [1.54, 1.807) is 50.4 Å². The average molecular weight is 485 g/mol. The highest BCUT2D eigenvalue weighted by Crippen LogP contribution is 2.38. The number of carbonyl (C=O) groups excluding carboxylic acids is 1. The van der Waals surface area contributed by atoms with Gasteiger partial charge in [-0.2, -0.15) is 0 Å². The lowest BCUT2D eigenvalue weighted by Crippen LogP contribution is -2.18. The zero-order valence-electron chi connectivity index (χ0n) is 20.4. The Balaban J connectivity index is 2.69. The largest absolute Gasteiger partial charge is 0.493 e. The number of aliphatic carboxylic acids is 1. The van der Waals surface area contributed by atoms with Crippen molar-refractivity contribution in [1.29, 1.82) is 0 Å². The molecule has 8 heteroatoms. The third kappa shape index (κ3) is 7.10. The predicted octanol–water partition coefficient (Wildman–Crippen LogP) is 4.66. The first-order valence-corrected chi connectivity index (χ1v) is 11.1. The molecule has 35 heavy (non-hydrogen) atoms. The topological polar surface area (TPSA) is 101 Å². The van der Waals surface area contributed by atoms with Gasteiger partial charge in [0, 0.05) is 18.7 Å². The molecular formula is C27H32O8. The lowest BCUT2D eigenvalue weighted by atomic mass is 9.87. The molecule has 0 bridgehead atoms. The van der Waals surface area contributed by atoms with Crippen LogP contribution in [0.1, 0.15) is 40.7 Å². The fourth-order valence-corrected chi connectivity index (χ4v) is 3.47. The predicted molar refractivity (Wildman–Crippen MR) is 132 cm³/mol. The van der Waals surface area contributed by atoms with Crippen molar-refractivity contribution in [3.8, 4) is 23.0 Å². The summed E-state index contributed by atoms with van der Waals surface area (Å²) in [5.74, 6) is -1.06. The monoisotopic (exact) mass is 484 g/mol. The number of hydrogen-bond acceptors (Lipinski definition) is 7. The second-order valence-corrected chi connectivity index (χ2v) is 7.42. The molecule has 2 aromatic rings. The fourth-order valence-electron chi connectivity index (χ4n) is 3.47. The number of hydrogen-bond donors (Lipinski definition) is 1. The molecule has 0 aliphatic rings. The number of ketones is 1. The van der Waals surface area contributed by atoms with Crippen molar-refractivity contribution < 1.29 is 38.4 Å². The van der Waals surface area contributed by atoms with Crippen LogP contribution in [0.5, 0.6) is 23.0 Å². The van der Waals surface area contributed by atoms with E-state index in [2.05, 4.69) is 13.2 Å². The van der Waals surface area contributed by atoms with Gasteiger partial charge in [-0.05, 0) is 36.2 Å². The zero-order valence-corrected chi connectivity index (χ0v) is 20.4. The standard InChI is InChI=1S/C27H32O8/c1-6-11-33-19-16-21(20(8-3)27(29)30)25(24(17-19)34-12-7-2)26(28)18-9-10-22(32-5)23(15-18)35-14-13-31-4/h6-7,9-10,15-17,20H,1-2,8,11-14H2,3-5H3,(H,29,30). The third-order valence-electron chi connectivity index (χ3n) is 5.11. The van der Waals surface area contributed by atoms with Gasteiger partial charge in [-0.15, -0.1) is 0 Å². The summed E-state index contributed by atoms with van der Waals surface area (Å²) in [6.45, 7) is 9.97. The highest BCUT2D eigenvalue weighted by molar-refractivity contribution is 6.12. The van der Waals surface area contributed by atoms with Crippen LogP contribution in [0.25, 0.3) is 0 Å².